The third-order valence-corrected chi connectivity index (χ3v) is 17.5. The number of nitrogens with zero attached hydrogens (tertiary/aromatic N) is 8. The monoisotopic (exact) mass is 1360 g/mol. The van der Waals surface area contributed by atoms with Gasteiger partial charge in [-0.3, -0.25) is 64.1 Å². The topological polar surface area (TPSA) is 237 Å². The maximum absolute atomic E-state index is 12.9. The summed E-state index contributed by atoms with van der Waals surface area (Å²) in [5.41, 5.74) is 12.3. The summed E-state index contributed by atoms with van der Waals surface area (Å²) in [6.45, 7) is 30.6. The summed E-state index contributed by atoms with van der Waals surface area (Å²) < 4.78 is 14.1. The Bertz CT molecular complexity index is 4330. The first-order chi connectivity index (χ1) is 45.4. The number of aryl methyl sites for hydroxylation is 5. The molecule has 0 radical (unpaired) electrons. The van der Waals surface area contributed by atoms with Gasteiger partial charge in [-0.15, -0.1) is 0 Å². The van der Waals surface area contributed by atoms with Crippen LogP contribution in [0.1, 0.15) is 199 Å². The minimum absolute atomic E-state index is 0.00402. The van der Waals surface area contributed by atoms with E-state index in [0.717, 1.165) is 82.3 Å². The van der Waals surface area contributed by atoms with E-state index in [2.05, 4.69) is 74.2 Å². The van der Waals surface area contributed by atoms with Gasteiger partial charge in [0.2, 0.25) is 0 Å². The van der Waals surface area contributed by atoms with Crippen molar-refractivity contribution in [1.29, 1.82) is 0 Å². The van der Waals surface area contributed by atoms with Crippen LogP contribution in [0.4, 0.5) is 0 Å². The molecule has 19 nitrogen and oxygen atoms in total. The maximum atomic E-state index is 12.9. The zero-order valence-electron chi connectivity index (χ0n) is 57.9. The fourth-order valence-corrected chi connectivity index (χ4v) is 11.6. The van der Waals surface area contributed by atoms with Gasteiger partial charge in [0.1, 0.15) is 23.2 Å². The molecule has 0 spiro atoms. The van der Waals surface area contributed by atoms with E-state index in [0.29, 0.717) is 51.4 Å². The number of para-hydroxylation sites is 1. The first-order valence-electron chi connectivity index (χ1n) is 33.0. The Hall–Kier alpha value is -8.39. The number of rotatable bonds is 22. The second kappa shape index (κ2) is 36.5. The second-order valence-electron chi connectivity index (χ2n) is 24.3. The number of nitrogens with one attached hydrogen (secondary N) is 5. The Morgan fingerprint density at radius 2 is 1.16 bits per heavy atom. The Morgan fingerprint density at radius 3 is 1.74 bits per heavy atom. The van der Waals surface area contributed by atoms with Gasteiger partial charge in [-0.2, -0.15) is 0 Å². The molecule has 0 aliphatic heterocycles. The predicted molar refractivity (Wildman–Crippen MR) is 387 cm³/mol. The average Bonchev–Trinajstić information content (AvgIpc) is 1.69. The first kappa shape index (κ1) is 75.6. The van der Waals surface area contributed by atoms with Crippen LogP contribution in [0.25, 0.3) is 28.6 Å². The van der Waals surface area contributed by atoms with Gasteiger partial charge in [-0.05, 0) is 155 Å². The Labute approximate surface area is 572 Å². The number of unbranched alkanes of at least 4 members (excludes halogenated alkanes) is 7. The van der Waals surface area contributed by atoms with Gasteiger partial charge in [0.15, 0.2) is 5.82 Å². The standard InChI is InChI=1S/C21H21Cl3N2O2.C17H32N2O.C14H18N2O.C11H14N4O.C10H11N3O/c1-5-17(28-18-7-6-11(2)8-12(18)3)19-13(4)21(27)26(25-19)20-15(23)9-14(22)10-16(20)24;1-4-6-8-9-10-12-14-19-17(20)15(3)16(18-19)13-11-7-5-2;1-4-10(2)13-11(3)14(17)16(15-13)12-8-6-5-7-9-12;1-7(2)15-11(16)8(3)10(14-15)9-6-12-4-5-13-9;1-7-8(2)12-13(10(7)14)9-5-3-4-6-11-9/h6-10,17,25H,5H2,1-4H3;18H,4-14H2,1-3H3;5-10,15H,4H2,1-3H3;4-7,14H,1-3H3;3-6,12H,1-2H3. The van der Waals surface area contributed by atoms with E-state index >= 15 is 0 Å². The number of H-pyrrole nitrogens is 5. The fourth-order valence-electron chi connectivity index (χ4n) is 10.7. The number of benzene rings is 3. The van der Waals surface area contributed by atoms with Gasteiger partial charge < -0.3 is 4.74 Å². The lowest BCUT2D eigenvalue weighted by atomic mass is 10.0. The van der Waals surface area contributed by atoms with Crippen molar-refractivity contribution >= 4 is 34.8 Å². The van der Waals surface area contributed by atoms with E-state index < -0.39 is 0 Å². The molecule has 0 amide bonds. The fraction of sp³-hybridized carbons (Fsp3) is 0.425. The first-order valence-corrected chi connectivity index (χ1v) is 34.1. The zero-order valence-corrected chi connectivity index (χ0v) is 60.2. The van der Waals surface area contributed by atoms with E-state index in [-0.39, 0.29) is 50.0 Å². The van der Waals surface area contributed by atoms with E-state index in [4.69, 9.17) is 39.5 Å². The van der Waals surface area contributed by atoms with Gasteiger partial charge in [0, 0.05) is 81.1 Å². The number of hydrogen-bond acceptors (Lipinski definition) is 9. The van der Waals surface area contributed by atoms with E-state index in [9.17, 15) is 24.0 Å². The van der Waals surface area contributed by atoms with Crippen molar-refractivity contribution in [3.05, 3.63) is 232 Å². The van der Waals surface area contributed by atoms with Crippen LogP contribution >= 0.6 is 34.8 Å². The smallest absolute Gasteiger partial charge is 0.275 e. The van der Waals surface area contributed by atoms with Crippen LogP contribution in [0.3, 0.4) is 0 Å². The molecule has 95 heavy (non-hydrogen) atoms. The number of halogens is 3. The zero-order chi connectivity index (χ0) is 69.6. The van der Waals surface area contributed by atoms with Gasteiger partial charge in [-0.25, -0.2) is 23.7 Å². The third-order valence-electron chi connectivity index (χ3n) is 16.7. The lowest BCUT2D eigenvalue weighted by Gasteiger charge is -2.19. The molecule has 3 aromatic carbocycles. The highest BCUT2D eigenvalue weighted by molar-refractivity contribution is 6.40. The second-order valence-corrected chi connectivity index (χ2v) is 25.5. The van der Waals surface area contributed by atoms with Crippen LogP contribution in [0, 0.1) is 55.4 Å². The molecule has 0 saturated heterocycles. The summed E-state index contributed by atoms with van der Waals surface area (Å²) in [4.78, 5) is 73.0. The Kier molecular flexibility index (Phi) is 29.0. The molecule has 22 heteroatoms. The molecule has 0 bridgehead atoms. The van der Waals surface area contributed by atoms with Crippen LogP contribution in [0.2, 0.25) is 15.1 Å². The molecule has 10 rings (SSSR count). The van der Waals surface area contributed by atoms with Crippen molar-refractivity contribution in [3.63, 3.8) is 0 Å². The molecule has 0 fully saturated rings. The highest BCUT2D eigenvalue weighted by Gasteiger charge is 2.24. The van der Waals surface area contributed by atoms with Crippen molar-refractivity contribution in [2.45, 2.75) is 206 Å². The number of hydrogen-bond donors (Lipinski definition) is 5. The van der Waals surface area contributed by atoms with Crippen molar-refractivity contribution in [1.82, 2.24) is 63.9 Å². The molecule has 10 aromatic rings. The van der Waals surface area contributed by atoms with Crippen molar-refractivity contribution < 1.29 is 4.74 Å². The van der Waals surface area contributed by atoms with Crippen LogP contribution in [-0.2, 0) is 13.0 Å². The van der Waals surface area contributed by atoms with Crippen molar-refractivity contribution in [2.75, 3.05) is 0 Å². The molecule has 2 unspecified atom stereocenters. The molecule has 7 heterocycles. The van der Waals surface area contributed by atoms with E-state index in [1.54, 1.807) is 73.1 Å². The van der Waals surface area contributed by atoms with Gasteiger partial charge in [0.25, 0.3) is 27.8 Å². The minimum Gasteiger partial charge on any atom is -0.484 e. The van der Waals surface area contributed by atoms with Crippen molar-refractivity contribution in [2.24, 2.45) is 0 Å². The maximum Gasteiger partial charge on any atom is 0.275 e. The molecule has 5 N–H and O–H groups in total. The highest BCUT2D eigenvalue weighted by Crippen LogP contribution is 2.33. The molecule has 510 valence electrons. The summed E-state index contributed by atoms with van der Waals surface area (Å²) >= 11 is 18.6. The molecule has 0 saturated carbocycles. The van der Waals surface area contributed by atoms with Crippen LogP contribution in [0.5, 0.6) is 5.75 Å². The molecule has 0 aliphatic carbocycles. The molecule has 7 aromatic heterocycles. The number of aromatic amines is 5. The number of aromatic nitrogens is 13. The van der Waals surface area contributed by atoms with Crippen LogP contribution in [0.15, 0.2) is 128 Å². The lowest BCUT2D eigenvalue weighted by Crippen LogP contribution is -2.19. The van der Waals surface area contributed by atoms with E-state index in [1.807, 2.05) is 115 Å². The molecule has 2 atom stereocenters. The summed E-state index contributed by atoms with van der Waals surface area (Å²) in [5, 5.41) is 16.7. The lowest BCUT2D eigenvalue weighted by molar-refractivity contribution is 0.194. The van der Waals surface area contributed by atoms with Gasteiger partial charge >= 0.3 is 0 Å². The normalized spacial score (nSPS) is 11.6. The summed E-state index contributed by atoms with van der Waals surface area (Å²) in [6, 6.07) is 24.3. The van der Waals surface area contributed by atoms with Crippen LogP contribution < -0.4 is 32.5 Å². The molecule has 0 aliphatic rings. The Morgan fingerprint density at radius 1 is 0.537 bits per heavy atom. The largest absolute Gasteiger partial charge is 0.484 e. The number of ether oxygens (including phenoxy) is 1. The third kappa shape index (κ3) is 19.9. The summed E-state index contributed by atoms with van der Waals surface area (Å²) in [7, 11) is 0. The number of pyridine rings is 1. The van der Waals surface area contributed by atoms with Gasteiger partial charge in [0.05, 0.1) is 33.3 Å². The average molecular weight is 1360 g/mol. The molecular formula is C73H96Cl3N13O6. The predicted octanol–water partition coefficient (Wildman–Crippen LogP) is 16.8. The summed E-state index contributed by atoms with van der Waals surface area (Å²) in [6.07, 6.45) is 20.1. The minimum atomic E-state index is -0.319. The van der Waals surface area contributed by atoms with Crippen LogP contribution in [-0.4, -0.2) is 63.9 Å². The SMILES string of the molecule is CCC(C)c1[nH]n(-c2ccccc2)c(=O)c1C.CCC(Oc1ccc(C)cc1C)c1[nH]n(-c2c(Cl)cc(Cl)cc2Cl)c(=O)c1C.CCCCCCCCn1[nH]c(CCCCC)c(C)c1=O.Cc1[nH]n(-c2ccccn2)c(=O)c1C.Cc1c(-c2cnccn2)[nH]n(C(C)C)c1=O. The van der Waals surface area contributed by atoms with E-state index in [1.165, 1.54) is 66.3 Å². The summed E-state index contributed by atoms with van der Waals surface area (Å²) in [5.74, 6) is 1.79. The quantitative estimate of drug-likeness (QED) is 0.0405. The van der Waals surface area contributed by atoms with Gasteiger partial charge in [-0.1, -0.05) is 156 Å². The van der Waals surface area contributed by atoms with Crippen molar-refractivity contribution in [3.8, 4) is 34.3 Å². The Balaban J connectivity index is 0.000000192. The highest BCUT2D eigenvalue weighted by atomic mass is 35.5. The molecular weight excluding hydrogens is 1260 g/mol.